The molecule has 0 radical (unpaired) electrons. The summed E-state index contributed by atoms with van der Waals surface area (Å²) < 4.78 is 11.5. The van der Waals surface area contributed by atoms with Crippen molar-refractivity contribution in [3.05, 3.63) is 22.7 Å². The van der Waals surface area contributed by atoms with Crippen LogP contribution in [0.4, 0.5) is 5.82 Å². The lowest BCUT2D eigenvalue weighted by molar-refractivity contribution is -0.152. The quantitative estimate of drug-likeness (QED) is 0.433. The number of nitrogen functional groups attached to an aromatic ring is 1. The molecule has 150 valence electrons. The van der Waals surface area contributed by atoms with Crippen LogP contribution in [-0.2, 0) is 14.3 Å². The molecule has 1 aliphatic rings. The average molecular weight is 415 g/mol. The number of carbonyl (C=O) groups is 1. The van der Waals surface area contributed by atoms with E-state index in [1.165, 1.54) is 12.3 Å². The van der Waals surface area contributed by atoms with Gasteiger partial charge in [0, 0.05) is 6.20 Å². The first-order valence-electron chi connectivity index (χ1n) is 7.51. The van der Waals surface area contributed by atoms with Gasteiger partial charge in [0.25, 0.3) is 0 Å². The molecule has 2 heterocycles. The molecule has 6 N–H and O–H groups in total. The molecule has 0 aromatic carbocycles. The summed E-state index contributed by atoms with van der Waals surface area (Å²) >= 11 is 0. The molecule has 1 saturated heterocycles. The van der Waals surface area contributed by atoms with Gasteiger partial charge in [0.1, 0.15) is 36.8 Å². The summed E-state index contributed by atoms with van der Waals surface area (Å²) in [7, 11) is 0. The van der Waals surface area contributed by atoms with Crippen molar-refractivity contribution in [2.45, 2.75) is 44.4 Å². The number of carbonyl (C=O) groups excluding carboxylic acids is 1. The molecule has 5 atom stereocenters. The van der Waals surface area contributed by atoms with Gasteiger partial charge in [-0.05, 0) is 12.0 Å². The Morgan fingerprint density at radius 1 is 1.38 bits per heavy atom. The van der Waals surface area contributed by atoms with Gasteiger partial charge in [-0.15, -0.1) is 24.8 Å². The lowest BCUT2D eigenvalue weighted by atomic mass is 10.1. The lowest BCUT2D eigenvalue weighted by Crippen LogP contribution is -2.40. The highest BCUT2D eigenvalue weighted by atomic mass is 35.5. The van der Waals surface area contributed by atoms with E-state index in [1.54, 1.807) is 13.8 Å². The third-order valence-corrected chi connectivity index (χ3v) is 3.84. The van der Waals surface area contributed by atoms with Crippen molar-refractivity contribution in [3.63, 3.8) is 0 Å². The third kappa shape index (κ3) is 5.29. The number of esters is 1. The number of anilines is 1. The summed E-state index contributed by atoms with van der Waals surface area (Å²) in [5, 5.41) is 20.1. The molecule has 2 rings (SSSR count). The van der Waals surface area contributed by atoms with Crippen molar-refractivity contribution in [3.8, 4) is 0 Å². The molecule has 1 aromatic heterocycles. The van der Waals surface area contributed by atoms with E-state index in [1.807, 2.05) is 0 Å². The lowest BCUT2D eigenvalue weighted by Gasteiger charge is -2.18. The van der Waals surface area contributed by atoms with E-state index < -0.39 is 42.2 Å². The van der Waals surface area contributed by atoms with Crippen LogP contribution in [0.2, 0.25) is 0 Å². The molecule has 26 heavy (non-hydrogen) atoms. The molecule has 0 bridgehead atoms. The third-order valence-electron chi connectivity index (χ3n) is 3.84. The minimum atomic E-state index is -1.39. The molecule has 0 aliphatic carbocycles. The van der Waals surface area contributed by atoms with E-state index in [0.29, 0.717) is 0 Å². The van der Waals surface area contributed by atoms with Crippen LogP contribution < -0.4 is 17.2 Å². The second-order valence-corrected chi connectivity index (χ2v) is 5.99. The molecule has 0 spiro atoms. The van der Waals surface area contributed by atoms with Crippen LogP contribution in [0.3, 0.4) is 0 Å². The van der Waals surface area contributed by atoms with Gasteiger partial charge in [-0.3, -0.25) is 9.36 Å². The molecule has 0 unspecified atom stereocenters. The summed E-state index contributed by atoms with van der Waals surface area (Å²) in [5.74, 6) is -0.716. The van der Waals surface area contributed by atoms with Gasteiger partial charge in [-0.2, -0.15) is 4.98 Å². The van der Waals surface area contributed by atoms with Crippen LogP contribution in [0.1, 0.15) is 20.1 Å². The maximum Gasteiger partial charge on any atom is 0.351 e. The topological polar surface area (TPSA) is 163 Å². The van der Waals surface area contributed by atoms with Crippen LogP contribution >= 0.6 is 24.8 Å². The number of hydrogen-bond acceptors (Lipinski definition) is 9. The van der Waals surface area contributed by atoms with E-state index in [0.717, 1.165) is 4.57 Å². The Balaban J connectivity index is 0.00000312. The van der Waals surface area contributed by atoms with Gasteiger partial charge in [0.05, 0.1) is 0 Å². The van der Waals surface area contributed by atoms with E-state index in [9.17, 15) is 19.8 Å². The predicted octanol–water partition coefficient (Wildman–Crippen LogP) is -1.19. The minimum absolute atomic E-state index is 0. The van der Waals surface area contributed by atoms with Crippen LogP contribution in [0.15, 0.2) is 17.1 Å². The number of aliphatic hydroxyl groups excluding tert-OH is 2. The van der Waals surface area contributed by atoms with E-state index in [4.69, 9.17) is 20.9 Å². The van der Waals surface area contributed by atoms with Gasteiger partial charge < -0.3 is 31.2 Å². The van der Waals surface area contributed by atoms with Crippen LogP contribution in [-0.4, -0.2) is 56.7 Å². The van der Waals surface area contributed by atoms with Crippen molar-refractivity contribution < 1.29 is 24.5 Å². The first kappa shape index (κ1) is 24.6. The number of aliphatic hydroxyl groups is 2. The predicted molar refractivity (Wildman–Crippen MR) is 97.1 cm³/mol. The van der Waals surface area contributed by atoms with E-state index in [2.05, 4.69) is 4.98 Å². The first-order chi connectivity index (χ1) is 11.2. The highest BCUT2D eigenvalue weighted by Crippen LogP contribution is 2.28. The van der Waals surface area contributed by atoms with Gasteiger partial charge in [-0.25, -0.2) is 4.79 Å². The molecule has 0 saturated carbocycles. The molecule has 10 nitrogen and oxygen atoms in total. The zero-order chi connectivity index (χ0) is 18.0. The minimum Gasteiger partial charge on any atom is -0.462 e. The number of nitrogens with zero attached hydrogens (tertiary/aromatic N) is 2. The number of hydrogen-bond donors (Lipinski definition) is 4. The summed E-state index contributed by atoms with van der Waals surface area (Å²) in [5.41, 5.74) is 10.3. The molecular formula is C14H24Cl2N4O6. The number of halogens is 2. The van der Waals surface area contributed by atoms with Crippen molar-refractivity contribution in [1.29, 1.82) is 0 Å². The number of nitrogens with two attached hydrogens (primary N) is 2. The highest BCUT2D eigenvalue weighted by Gasteiger charge is 2.44. The SMILES string of the molecule is CC(C)[C@@H](N)C(=O)OC[C@H]1O[C@@H](n2ccc(N)nc2=O)[C@@H](O)[C@@H]1O.Cl.Cl. The fraction of sp³-hybridized carbons (Fsp3) is 0.643. The van der Waals surface area contributed by atoms with Crippen molar-refractivity contribution in [2.75, 3.05) is 12.3 Å². The van der Waals surface area contributed by atoms with Gasteiger partial charge in [-0.1, -0.05) is 13.8 Å². The normalized spacial score (nSPS) is 25.9. The second kappa shape index (κ2) is 10.0. The fourth-order valence-corrected chi connectivity index (χ4v) is 2.25. The van der Waals surface area contributed by atoms with Crippen LogP contribution in [0.5, 0.6) is 0 Å². The zero-order valence-corrected chi connectivity index (χ0v) is 15.9. The summed E-state index contributed by atoms with van der Waals surface area (Å²) in [6, 6.07) is 0.562. The maximum absolute atomic E-state index is 11.8. The van der Waals surface area contributed by atoms with Crippen molar-refractivity contribution in [1.82, 2.24) is 9.55 Å². The van der Waals surface area contributed by atoms with Gasteiger partial charge >= 0.3 is 11.7 Å². The van der Waals surface area contributed by atoms with Crippen LogP contribution in [0.25, 0.3) is 0 Å². The Bertz CT molecular complexity index is 659. The number of ether oxygens (including phenoxy) is 2. The summed E-state index contributed by atoms with van der Waals surface area (Å²) in [6.45, 7) is 3.24. The number of aromatic nitrogens is 2. The second-order valence-electron chi connectivity index (χ2n) is 5.99. The smallest absolute Gasteiger partial charge is 0.351 e. The Morgan fingerprint density at radius 3 is 2.54 bits per heavy atom. The Kier molecular flexibility index (Phi) is 9.49. The molecule has 1 fully saturated rings. The Morgan fingerprint density at radius 2 is 2.00 bits per heavy atom. The van der Waals surface area contributed by atoms with E-state index >= 15 is 0 Å². The van der Waals surface area contributed by atoms with Gasteiger partial charge in [0.2, 0.25) is 0 Å². The Labute approximate surface area is 162 Å². The monoisotopic (exact) mass is 414 g/mol. The molecular weight excluding hydrogens is 391 g/mol. The molecule has 12 heteroatoms. The zero-order valence-electron chi connectivity index (χ0n) is 14.2. The largest absolute Gasteiger partial charge is 0.462 e. The fourth-order valence-electron chi connectivity index (χ4n) is 2.25. The standard InChI is InChI=1S/C14H22N4O6.2ClH/c1-6(2)9(16)13(21)23-5-7-10(19)11(20)12(24-7)18-4-3-8(15)17-14(18)22;;/h3-4,6-7,9-12,19-20H,5,16H2,1-2H3,(H2,15,17,22);2*1H/t7-,9-,10-,11+,12-;;/m1../s1. The van der Waals surface area contributed by atoms with Crippen LogP contribution in [0, 0.1) is 5.92 Å². The molecule has 1 aromatic rings. The average Bonchev–Trinajstić information content (AvgIpc) is 2.80. The maximum atomic E-state index is 11.8. The summed E-state index contributed by atoms with van der Waals surface area (Å²) in [4.78, 5) is 27.1. The Hall–Kier alpha value is -1.43. The van der Waals surface area contributed by atoms with Crippen molar-refractivity contribution in [2.24, 2.45) is 11.7 Å². The van der Waals surface area contributed by atoms with E-state index in [-0.39, 0.29) is 43.2 Å². The molecule has 0 amide bonds. The van der Waals surface area contributed by atoms with Crippen molar-refractivity contribution >= 4 is 36.6 Å². The summed E-state index contributed by atoms with van der Waals surface area (Å²) in [6.07, 6.45) is -3.60. The number of rotatable bonds is 5. The van der Waals surface area contributed by atoms with Gasteiger partial charge in [0.15, 0.2) is 6.23 Å². The highest BCUT2D eigenvalue weighted by molar-refractivity contribution is 5.85. The molecule has 1 aliphatic heterocycles. The first-order valence-corrected chi connectivity index (χ1v) is 7.51.